The zero-order chi connectivity index (χ0) is 17.1. The van der Waals surface area contributed by atoms with Gasteiger partial charge in [-0.2, -0.15) is 0 Å². The number of nitrogens with zero attached hydrogens (tertiary/aromatic N) is 2. The molecule has 2 aromatic carbocycles. The number of para-hydroxylation sites is 1. The SMILES string of the molecule is CC(C)N(Cc1ccccc1)C(=O)Nc1cn(C)c2ccccc12. The third kappa shape index (κ3) is 3.27. The van der Waals surface area contributed by atoms with E-state index in [2.05, 4.69) is 11.4 Å². The van der Waals surface area contributed by atoms with Crippen LogP contribution in [0.2, 0.25) is 0 Å². The van der Waals surface area contributed by atoms with Gasteiger partial charge in [0.1, 0.15) is 0 Å². The van der Waals surface area contributed by atoms with E-state index in [4.69, 9.17) is 0 Å². The maximum absolute atomic E-state index is 12.8. The lowest BCUT2D eigenvalue weighted by atomic mass is 10.2. The van der Waals surface area contributed by atoms with Crippen molar-refractivity contribution in [2.45, 2.75) is 26.4 Å². The predicted octanol–water partition coefficient (Wildman–Crippen LogP) is 4.62. The van der Waals surface area contributed by atoms with E-state index in [1.165, 1.54) is 0 Å². The highest BCUT2D eigenvalue weighted by molar-refractivity contribution is 6.01. The molecule has 0 aliphatic rings. The summed E-state index contributed by atoms with van der Waals surface area (Å²) in [5.74, 6) is 0. The quantitative estimate of drug-likeness (QED) is 0.748. The molecule has 4 heteroatoms. The summed E-state index contributed by atoms with van der Waals surface area (Å²) < 4.78 is 2.03. The molecule has 4 nitrogen and oxygen atoms in total. The number of anilines is 1. The van der Waals surface area contributed by atoms with Gasteiger partial charge in [-0.3, -0.25) is 0 Å². The minimum absolute atomic E-state index is 0.0785. The first-order valence-electron chi connectivity index (χ1n) is 8.22. The molecule has 1 N–H and O–H groups in total. The Hall–Kier alpha value is -2.75. The van der Waals surface area contributed by atoms with Crippen LogP contribution in [-0.4, -0.2) is 21.5 Å². The Balaban J connectivity index is 1.83. The average Bonchev–Trinajstić information content (AvgIpc) is 2.89. The molecule has 0 unspecified atom stereocenters. The normalized spacial score (nSPS) is 11.0. The summed E-state index contributed by atoms with van der Waals surface area (Å²) in [4.78, 5) is 14.7. The fourth-order valence-corrected chi connectivity index (χ4v) is 2.90. The third-order valence-electron chi connectivity index (χ3n) is 4.22. The topological polar surface area (TPSA) is 37.3 Å². The highest BCUT2D eigenvalue weighted by Crippen LogP contribution is 2.25. The lowest BCUT2D eigenvalue weighted by Gasteiger charge is -2.27. The van der Waals surface area contributed by atoms with E-state index < -0.39 is 0 Å². The van der Waals surface area contributed by atoms with Crippen molar-refractivity contribution in [1.29, 1.82) is 0 Å². The fourth-order valence-electron chi connectivity index (χ4n) is 2.90. The van der Waals surface area contributed by atoms with Gasteiger partial charge in [-0.05, 0) is 25.5 Å². The predicted molar refractivity (Wildman–Crippen MR) is 99.1 cm³/mol. The largest absolute Gasteiger partial charge is 0.348 e. The number of hydrogen-bond donors (Lipinski definition) is 1. The molecule has 3 rings (SSSR count). The molecule has 0 saturated carbocycles. The number of urea groups is 1. The summed E-state index contributed by atoms with van der Waals surface area (Å²) in [5, 5.41) is 4.13. The number of nitrogens with one attached hydrogen (secondary N) is 1. The number of carbonyl (C=O) groups is 1. The van der Waals surface area contributed by atoms with Crippen LogP contribution in [0.5, 0.6) is 0 Å². The molecular weight excluding hydrogens is 298 g/mol. The summed E-state index contributed by atoms with van der Waals surface area (Å²) in [6.07, 6.45) is 1.96. The number of carbonyl (C=O) groups excluding carboxylic acids is 1. The second-order valence-corrected chi connectivity index (χ2v) is 6.31. The lowest BCUT2D eigenvalue weighted by Crippen LogP contribution is -2.39. The number of fused-ring (bicyclic) bond motifs is 1. The molecule has 0 fully saturated rings. The minimum Gasteiger partial charge on any atom is -0.348 e. The first-order chi connectivity index (χ1) is 11.6. The number of benzene rings is 2. The Bertz CT molecular complexity index is 836. The van der Waals surface area contributed by atoms with Gasteiger partial charge >= 0.3 is 6.03 Å². The number of aromatic nitrogens is 1. The van der Waals surface area contributed by atoms with E-state index in [-0.39, 0.29) is 12.1 Å². The maximum atomic E-state index is 12.8. The molecular formula is C20H23N3O. The lowest BCUT2D eigenvalue weighted by molar-refractivity contribution is 0.193. The second-order valence-electron chi connectivity index (χ2n) is 6.31. The third-order valence-corrected chi connectivity index (χ3v) is 4.22. The second kappa shape index (κ2) is 6.79. The van der Waals surface area contributed by atoms with E-state index in [1.54, 1.807) is 0 Å². The van der Waals surface area contributed by atoms with Gasteiger partial charge in [0.15, 0.2) is 0 Å². The fraction of sp³-hybridized carbons (Fsp3) is 0.250. The van der Waals surface area contributed by atoms with Crippen LogP contribution in [-0.2, 0) is 13.6 Å². The van der Waals surface area contributed by atoms with Gasteiger partial charge in [-0.15, -0.1) is 0 Å². The van der Waals surface area contributed by atoms with Gasteiger partial charge in [-0.1, -0.05) is 48.5 Å². The smallest absolute Gasteiger partial charge is 0.322 e. The van der Waals surface area contributed by atoms with Crippen molar-refractivity contribution >= 4 is 22.6 Å². The molecule has 3 aromatic rings. The first kappa shape index (κ1) is 16.1. The number of amides is 2. The van der Waals surface area contributed by atoms with Gasteiger partial charge in [0.25, 0.3) is 0 Å². The van der Waals surface area contributed by atoms with Gasteiger partial charge < -0.3 is 14.8 Å². The average molecular weight is 321 g/mol. The van der Waals surface area contributed by atoms with Crippen molar-refractivity contribution in [2.75, 3.05) is 5.32 Å². The summed E-state index contributed by atoms with van der Waals surface area (Å²) in [7, 11) is 1.99. The van der Waals surface area contributed by atoms with Crippen LogP contribution in [0.3, 0.4) is 0 Å². The maximum Gasteiger partial charge on any atom is 0.322 e. The van der Waals surface area contributed by atoms with Crippen LogP contribution in [0.25, 0.3) is 10.9 Å². The minimum atomic E-state index is -0.0785. The Morgan fingerprint density at radius 3 is 2.46 bits per heavy atom. The van der Waals surface area contributed by atoms with Crippen molar-refractivity contribution in [3.8, 4) is 0 Å². The van der Waals surface area contributed by atoms with E-state index >= 15 is 0 Å². The highest BCUT2D eigenvalue weighted by Gasteiger charge is 2.19. The molecule has 0 aliphatic heterocycles. The standard InChI is InChI=1S/C20H23N3O/c1-15(2)23(13-16-9-5-4-6-10-16)20(24)21-18-14-22(3)19-12-8-7-11-17(18)19/h4-12,14-15H,13H2,1-3H3,(H,21,24). The Morgan fingerprint density at radius 2 is 1.75 bits per heavy atom. The van der Waals surface area contributed by atoms with Gasteiger partial charge in [0.2, 0.25) is 0 Å². The van der Waals surface area contributed by atoms with Crippen molar-refractivity contribution in [3.05, 3.63) is 66.4 Å². The summed E-state index contributed by atoms with van der Waals surface area (Å²) in [6, 6.07) is 18.2. The Morgan fingerprint density at radius 1 is 1.08 bits per heavy atom. The zero-order valence-corrected chi connectivity index (χ0v) is 14.4. The van der Waals surface area contributed by atoms with Crippen LogP contribution in [0.4, 0.5) is 10.5 Å². The van der Waals surface area contributed by atoms with Crippen molar-refractivity contribution in [3.63, 3.8) is 0 Å². The molecule has 1 heterocycles. The van der Waals surface area contributed by atoms with Crippen LogP contribution >= 0.6 is 0 Å². The van der Waals surface area contributed by atoms with Crippen molar-refractivity contribution in [2.24, 2.45) is 7.05 Å². The summed E-state index contributed by atoms with van der Waals surface area (Å²) in [5.41, 5.74) is 3.07. The van der Waals surface area contributed by atoms with Crippen molar-refractivity contribution < 1.29 is 4.79 Å². The summed E-state index contributed by atoms with van der Waals surface area (Å²) in [6.45, 7) is 4.66. The van der Waals surface area contributed by atoms with E-state index in [1.807, 2.05) is 85.1 Å². The summed E-state index contributed by atoms with van der Waals surface area (Å²) >= 11 is 0. The van der Waals surface area contributed by atoms with Crippen LogP contribution in [0.1, 0.15) is 19.4 Å². The molecule has 24 heavy (non-hydrogen) atoms. The zero-order valence-electron chi connectivity index (χ0n) is 14.4. The molecule has 0 spiro atoms. The monoisotopic (exact) mass is 321 g/mol. The van der Waals surface area contributed by atoms with Crippen molar-refractivity contribution in [1.82, 2.24) is 9.47 Å². The molecule has 2 amide bonds. The molecule has 124 valence electrons. The number of rotatable bonds is 4. The van der Waals surface area contributed by atoms with E-state index in [0.717, 1.165) is 22.2 Å². The number of hydrogen-bond acceptors (Lipinski definition) is 1. The van der Waals surface area contributed by atoms with Crippen LogP contribution in [0, 0.1) is 0 Å². The Kier molecular flexibility index (Phi) is 4.56. The van der Waals surface area contributed by atoms with Gasteiger partial charge in [0.05, 0.1) is 5.69 Å². The molecule has 0 bridgehead atoms. The highest BCUT2D eigenvalue weighted by atomic mass is 16.2. The molecule has 0 saturated heterocycles. The van der Waals surface area contributed by atoms with Crippen LogP contribution < -0.4 is 5.32 Å². The molecule has 0 atom stereocenters. The van der Waals surface area contributed by atoms with E-state index in [9.17, 15) is 4.79 Å². The van der Waals surface area contributed by atoms with Gasteiger partial charge in [-0.25, -0.2) is 4.79 Å². The first-order valence-corrected chi connectivity index (χ1v) is 8.22. The number of aryl methyl sites for hydroxylation is 1. The molecule has 0 aliphatic carbocycles. The van der Waals surface area contributed by atoms with Gasteiger partial charge in [0, 0.05) is 36.7 Å². The van der Waals surface area contributed by atoms with E-state index in [0.29, 0.717) is 6.54 Å². The van der Waals surface area contributed by atoms with Crippen LogP contribution in [0.15, 0.2) is 60.8 Å². The molecule has 1 aromatic heterocycles. The Labute approximate surface area is 142 Å². The molecule has 0 radical (unpaired) electrons.